The average molecular weight is 239 g/mol. The van der Waals surface area contributed by atoms with Gasteiger partial charge in [-0.1, -0.05) is 28.1 Å². The quantitative estimate of drug-likeness (QED) is 0.862. The first-order valence-electron chi connectivity index (χ1n) is 4.03. The number of aryl methyl sites for hydroxylation is 1. The zero-order valence-electron chi connectivity index (χ0n) is 7.42. The second kappa shape index (κ2) is 4.40. The second-order valence-electron chi connectivity index (χ2n) is 2.99. The predicted molar refractivity (Wildman–Crippen MR) is 56.0 cm³/mol. The molecule has 2 N–H and O–H groups in total. The molecule has 0 radical (unpaired) electrons. The van der Waals surface area contributed by atoms with E-state index in [-0.39, 0.29) is 6.04 Å². The Balaban J connectivity index is 2.96. The zero-order chi connectivity index (χ0) is 9.84. The SMILES string of the molecule is Cc1ccc([C@H](N)CC#N)c(Br)c1. The summed E-state index contributed by atoms with van der Waals surface area (Å²) in [6, 6.07) is 7.83. The van der Waals surface area contributed by atoms with Gasteiger partial charge in [0.15, 0.2) is 0 Å². The number of benzene rings is 1. The smallest absolute Gasteiger partial charge is 0.0641 e. The van der Waals surface area contributed by atoms with E-state index in [4.69, 9.17) is 11.0 Å². The average Bonchev–Trinajstić information content (AvgIpc) is 2.04. The highest BCUT2D eigenvalue weighted by atomic mass is 79.9. The summed E-state index contributed by atoms with van der Waals surface area (Å²) in [4.78, 5) is 0. The molecule has 0 heterocycles. The van der Waals surface area contributed by atoms with Crippen LogP contribution in [-0.2, 0) is 0 Å². The van der Waals surface area contributed by atoms with Gasteiger partial charge in [0.25, 0.3) is 0 Å². The van der Waals surface area contributed by atoms with E-state index in [2.05, 4.69) is 22.0 Å². The number of hydrogen-bond donors (Lipinski definition) is 1. The molecule has 1 rings (SSSR count). The Hall–Kier alpha value is -0.850. The summed E-state index contributed by atoms with van der Waals surface area (Å²) in [5.74, 6) is 0. The lowest BCUT2D eigenvalue weighted by molar-refractivity contribution is 0.744. The van der Waals surface area contributed by atoms with Gasteiger partial charge in [0.2, 0.25) is 0 Å². The summed E-state index contributed by atoms with van der Waals surface area (Å²) >= 11 is 3.43. The monoisotopic (exact) mass is 238 g/mol. The lowest BCUT2D eigenvalue weighted by Gasteiger charge is -2.10. The summed E-state index contributed by atoms with van der Waals surface area (Å²) in [5, 5.41) is 8.50. The summed E-state index contributed by atoms with van der Waals surface area (Å²) in [7, 11) is 0. The molecule has 0 saturated carbocycles. The van der Waals surface area contributed by atoms with Crippen LogP contribution in [0.1, 0.15) is 23.6 Å². The zero-order valence-corrected chi connectivity index (χ0v) is 9.01. The van der Waals surface area contributed by atoms with Crippen LogP contribution in [0.4, 0.5) is 0 Å². The van der Waals surface area contributed by atoms with E-state index in [1.165, 1.54) is 5.56 Å². The van der Waals surface area contributed by atoms with Gasteiger partial charge in [0, 0.05) is 10.5 Å². The molecule has 0 bridgehead atoms. The lowest BCUT2D eigenvalue weighted by atomic mass is 10.0. The Labute approximate surface area is 86.5 Å². The van der Waals surface area contributed by atoms with Crippen molar-refractivity contribution in [1.29, 1.82) is 5.26 Å². The summed E-state index contributed by atoms with van der Waals surface area (Å²) in [5.41, 5.74) is 7.98. The van der Waals surface area contributed by atoms with Crippen molar-refractivity contribution >= 4 is 15.9 Å². The molecule has 0 saturated heterocycles. The van der Waals surface area contributed by atoms with Gasteiger partial charge in [0.1, 0.15) is 0 Å². The van der Waals surface area contributed by atoms with Crippen molar-refractivity contribution in [2.75, 3.05) is 0 Å². The number of nitrogens with two attached hydrogens (primary N) is 1. The minimum atomic E-state index is -0.194. The van der Waals surface area contributed by atoms with Crippen LogP contribution >= 0.6 is 15.9 Å². The van der Waals surface area contributed by atoms with Crippen LogP contribution in [-0.4, -0.2) is 0 Å². The molecule has 0 aromatic heterocycles. The summed E-state index contributed by atoms with van der Waals surface area (Å²) in [6.45, 7) is 2.02. The molecule has 0 fully saturated rings. The van der Waals surface area contributed by atoms with E-state index in [9.17, 15) is 0 Å². The first-order valence-corrected chi connectivity index (χ1v) is 4.83. The van der Waals surface area contributed by atoms with Crippen molar-refractivity contribution in [3.05, 3.63) is 33.8 Å². The van der Waals surface area contributed by atoms with Gasteiger partial charge in [-0.05, 0) is 24.1 Å². The van der Waals surface area contributed by atoms with Crippen molar-refractivity contribution < 1.29 is 0 Å². The van der Waals surface area contributed by atoms with Crippen LogP contribution in [0.15, 0.2) is 22.7 Å². The van der Waals surface area contributed by atoms with E-state index in [1.807, 2.05) is 25.1 Å². The standard InChI is InChI=1S/C10H11BrN2/c1-7-2-3-8(9(11)6-7)10(13)4-5-12/h2-3,6,10H,4,13H2,1H3/t10-/m1/s1. The maximum atomic E-state index is 8.50. The Morgan fingerprint density at radius 2 is 2.31 bits per heavy atom. The summed E-state index contributed by atoms with van der Waals surface area (Å²) < 4.78 is 0.982. The third kappa shape index (κ3) is 2.55. The van der Waals surface area contributed by atoms with Gasteiger partial charge in [-0.25, -0.2) is 0 Å². The third-order valence-electron chi connectivity index (χ3n) is 1.87. The highest BCUT2D eigenvalue weighted by Gasteiger charge is 2.08. The molecule has 0 aliphatic heterocycles. The molecule has 68 valence electrons. The molecule has 0 unspecified atom stereocenters. The van der Waals surface area contributed by atoms with Crippen molar-refractivity contribution in [3.8, 4) is 6.07 Å². The first-order chi connectivity index (χ1) is 6.15. The lowest BCUT2D eigenvalue weighted by Crippen LogP contribution is -2.09. The van der Waals surface area contributed by atoms with E-state index in [0.717, 1.165) is 10.0 Å². The number of halogens is 1. The third-order valence-corrected chi connectivity index (χ3v) is 2.55. The molecule has 13 heavy (non-hydrogen) atoms. The van der Waals surface area contributed by atoms with Crippen LogP contribution in [0.3, 0.4) is 0 Å². The van der Waals surface area contributed by atoms with Crippen LogP contribution in [0.25, 0.3) is 0 Å². The van der Waals surface area contributed by atoms with Gasteiger partial charge in [-0.2, -0.15) is 5.26 Å². The van der Waals surface area contributed by atoms with Gasteiger partial charge < -0.3 is 5.73 Å². The highest BCUT2D eigenvalue weighted by molar-refractivity contribution is 9.10. The highest BCUT2D eigenvalue weighted by Crippen LogP contribution is 2.24. The van der Waals surface area contributed by atoms with E-state index in [1.54, 1.807) is 0 Å². The molecule has 0 aliphatic carbocycles. The molecule has 0 aliphatic rings. The molecule has 2 nitrogen and oxygen atoms in total. The van der Waals surface area contributed by atoms with Crippen LogP contribution in [0.2, 0.25) is 0 Å². The number of nitriles is 1. The summed E-state index contributed by atoms with van der Waals surface area (Å²) in [6.07, 6.45) is 0.349. The van der Waals surface area contributed by atoms with Crippen LogP contribution in [0.5, 0.6) is 0 Å². The van der Waals surface area contributed by atoms with Crippen molar-refractivity contribution in [2.24, 2.45) is 5.73 Å². The molecule has 1 aromatic rings. The normalized spacial score (nSPS) is 12.2. The van der Waals surface area contributed by atoms with Crippen molar-refractivity contribution in [1.82, 2.24) is 0 Å². The molecular weight excluding hydrogens is 228 g/mol. The Morgan fingerprint density at radius 3 is 2.85 bits per heavy atom. The van der Waals surface area contributed by atoms with Gasteiger partial charge in [-0.15, -0.1) is 0 Å². The minimum Gasteiger partial charge on any atom is -0.323 e. The number of nitrogens with zero attached hydrogens (tertiary/aromatic N) is 1. The number of hydrogen-bond acceptors (Lipinski definition) is 2. The van der Waals surface area contributed by atoms with E-state index >= 15 is 0 Å². The van der Waals surface area contributed by atoms with E-state index in [0.29, 0.717) is 6.42 Å². The second-order valence-corrected chi connectivity index (χ2v) is 3.85. The Morgan fingerprint density at radius 1 is 1.62 bits per heavy atom. The maximum Gasteiger partial charge on any atom is 0.0641 e. The molecule has 1 atom stereocenters. The van der Waals surface area contributed by atoms with Gasteiger partial charge in [-0.3, -0.25) is 0 Å². The fraction of sp³-hybridized carbons (Fsp3) is 0.300. The Kier molecular flexibility index (Phi) is 3.47. The molecule has 0 amide bonds. The number of rotatable bonds is 2. The predicted octanol–water partition coefficient (Wildman–Crippen LogP) is 2.67. The van der Waals surface area contributed by atoms with E-state index < -0.39 is 0 Å². The topological polar surface area (TPSA) is 49.8 Å². The molecule has 1 aromatic carbocycles. The fourth-order valence-corrected chi connectivity index (χ4v) is 1.93. The fourth-order valence-electron chi connectivity index (χ4n) is 1.14. The van der Waals surface area contributed by atoms with Crippen LogP contribution < -0.4 is 5.73 Å². The van der Waals surface area contributed by atoms with Crippen molar-refractivity contribution in [3.63, 3.8) is 0 Å². The van der Waals surface area contributed by atoms with Gasteiger partial charge in [0.05, 0.1) is 12.5 Å². The minimum absolute atomic E-state index is 0.194. The molecule has 3 heteroatoms. The van der Waals surface area contributed by atoms with Crippen molar-refractivity contribution in [2.45, 2.75) is 19.4 Å². The van der Waals surface area contributed by atoms with Gasteiger partial charge >= 0.3 is 0 Å². The maximum absolute atomic E-state index is 8.50. The largest absolute Gasteiger partial charge is 0.323 e. The first kappa shape index (κ1) is 10.2. The van der Waals surface area contributed by atoms with Crippen LogP contribution in [0, 0.1) is 18.3 Å². The Bertz CT molecular complexity index is 341. The molecular formula is C10H11BrN2. The molecule has 0 spiro atoms.